The van der Waals surface area contributed by atoms with Crippen LogP contribution in [-0.2, 0) is 4.79 Å². The second-order valence-electron chi connectivity index (χ2n) is 6.42. The van der Waals surface area contributed by atoms with Crippen LogP contribution in [0.25, 0.3) is 0 Å². The summed E-state index contributed by atoms with van der Waals surface area (Å²) in [5.41, 5.74) is 2.17. The SMILES string of the molecule is CCOc1ccc(C)cc1C(C)NC(=O)/C(C#N)=C\N1CCCCC1. The van der Waals surface area contributed by atoms with E-state index in [-0.39, 0.29) is 17.5 Å². The van der Waals surface area contributed by atoms with Gasteiger partial charge < -0.3 is 15.0 Å². The molecule has 1 aliphatic heterocycles. The zero-order valence-corrected chi connectivity index (χ0v) is 15.3. The number of hydrogen-bond donors (Lipinski definition) is 1. The van der Waals surface area contributed by atoms with Crippen molar-refractivity contribution in [2.24, 2.45) is 0 Å². The average Bonchev–Trinajstić information content (AvgIpc) is 2.62. The molecule has 1 aliphatic rings. The van der Waals surface area contributed by atoms with Gasteiger partial charge in [-0.3, -0.25) is 4.79 Å². The third kappa shape index (κ3) is 5.25. The Bertz CT molecular complexity index is 670. The van der Waals surface area contributed by atoms with Gasteiger partial charge in [-0.15, -0.1) is 0 Å². The highest BCUT2D eigenvalue weighted by atomic mass is 16.5. The van der Waals surface area contributed by atoms with Crippen molar-refractivity contribution in [1.29, 1.82) is 5.26 Å². The molecule has 5 nitrogen and oxygen atoms in total. The number of ether oxygens (including phenoxy) is 1. The number of carbonyl (C=O) groups is 1. The highest BCUT2D eigenvalue weighted by Crippen LogP contribution is 2.26. The molecule has 1 N–H and O–H groups in total. The molecule has 1 amide bonds. The molecule has 1 aromatic rings. The number of amides is 1. The number of benzene rings is 1. The number of nitriles is 1. The number of rotatable bonds is 6. The van der Waals surface area contributed by atoms with Crippen molar-refractivity contribution >= 4 is 5.91 Å². The zero-order chi connectivity index (χ0) is 18.2. The summed E-state index contributed by atoms with van der Waals surface area (Å²) >= 11 is 0. The third-order valence-corrected chi connectivity index (χ3v) is 4.35. The van der Waals surface area contributed by atoms with Gasteiger partial charge in [0, 0.05) is 24.9 Å². The van der Waals surface area contributed by atoms with Gasteiger partial charge in [-0.2, -0.15) is 5.26 Å². The lowest BCUT2D eigenvalue weighted by atomic mass is 10.0. The highest BCUT2D eigenvalue weighted by molar-refractivity contribution is 5.97. The molecule has 1 unspecified atom stereocenters. The molecule has 0 aliphatic carbocycles. The van der Waals surface area contributed by atoms with Crippen molar-refractivity contribution in [1.82, 2.24) is 10.2 Å². The van der Waals surface area contributed by atoms with E-state index in [2.05, 4.69) is 10.2 Å². The second kappa shape index (κ2) is 9.12. The van der Waals surface area contributed by atoms with Gasteiger partial charge in [-0.25, -0.2) is 0 Å². The van der Waals surface area contributed by atoms with Crippen molar-refractivity contribution in [3.05, 3.63) is 41.1 Å². The average molecular weight is 341 g/mol. The van der Waals surface area contributed by atoms with E-state index in [4.69, 9.17) is 4.74 Å². The Hall–Kier alpha value is -2.48. The molecule has 0 radical (unpaired) electrons. The summed E-state index contributed by atoms with van der Waals surface area (Å²) in [5, 5.41) is 12.3. The standard InChI is InChI=1S/C20H27N3O2/c1-4-25-19-9-8-15(2)12-18(19)16(3)22-20(24)17(13-21)14-23-10-6-5-7-11-23/h8-9,12,14,16H,4-7,10-11H2,1-3H3,(H,22,24)/b17-14-. The van der Waals surface area contributed by atoms with Crippen LogP contribution in [0, 0.1) is 18.3 Å². The Morgan fingerprint density at radius 2 is 2.12 bits per heavy atom. The molecule has 1 aromatic carbocycles. The topological polar surface area (TPSA) is 65.4 Å². The Kier molecular flexibility index (Phi) is 6.88. The summed E-state index contributed by atoms with van der Waals surface area (Å²) < 4.78 is 5.66. The minimum Gasteiger partial charge on any atom is -0.494 e. The number of nitrogens with zero attached hydrogens (tertiary/aromatic N) is 2. The van der Waals surface area contributed by atoms with Crippen LogP contribution in [0.5, 0.6) is 5.75 Å². The monoisotopic (exact) mass is 341 g/mol. The minimum atomic E-state index is -0.343. The lowest BCUT2D eigenvalue weighted by Crippen LogP contribution is -2.31. The van der Waals surface area contributed by atoms with Crippen LogP contribution in [0.3, 0.4) is 0 Å². The molecular weight excluding hydrogens is 314 g/mol. The minimum absolute atomic E-state index is 0.152. The van der Waals surface area contributed by atoms with E-state index in [0.29, 0.717) is 6.61 Å². The van der Waals surface area contributed by atoms with Crippen molar-refractivity contribution in [3.8, 4) is 11.8 Å². The molecule has 0 spiro atoms. The van der Waals surface area contributed by atoms with Crippen molar-refractivity contribution in [2.45, 2.75) is 46.1 Å². The fraction of sp³-hybridized carbons (Fsp3) is 0.500. The first-order valence-corrected chi connectivity index (χ1v) is 8.95. The Morgan fingerprint density at radius 1 is 1.40 bits per heavy atom. The van der Waals surface area contributed by atoms with Gasteiger partial charge >= 0.3 is 0 Å². The fourth-order valence-electron chi connectivity index (χ4n) is 3.01. The van der Waals surface area contributed by atoms with Crippen LogP contribution in [0.4, 0.5) is 0 Å². The van der Waals surface area contributed by atoms with Gasteiger partial charge in [0.25, 0.3) is 5.91 Å². The first-order chi connectivity index (χ1) is 12.0. The van der Waals surface area contributed by atoms with E-state index in [1.165, 1.54) is 6.42 Å². The Balaban J connectivity index is 2.12. The maximum absolute atomic E-state index is 12.5. The van der Waals surface area contributed by atoms with Crippen LogP contribution in [0.2, 0.25) is 0 Å². The fourth-order valence-corrected chi connectivity index (χ4v) is 3.01. The molecule has 1 atom stereocenters. The van der Waals surface area contributed by atoms with E-state index in [9.17, 15) is 10.1 Å². The van der Waals surface area contributed by atoms with Crippen molar-refractivity contribution in [3.63, 3.8) is 0 Å². The summed E-state index contributed by atoms with van der Waals surface area (Å²) in [6.07, 6.45) is 5.12. The number of likely N-dealkylation sites (tertiary alicyclic amines) is 1. The van der Waals surface area contributed by atoms with Crippen LogP contribution in [0.1, 0.15) is 50.3 Å². The van der Waals surface area contributed by atoms with Gasteiger partial charge in [-0.1, -0.05) is 17.7 Å². The van der Waals surface area contributed by atoms with Crippen LogP contribution < -0.4 is 10.1 Å². The summed E-state index contributed by atoms with van der Waals surface area (Å²) in [4.78, 5) is 14.6. The van der Waals surface area contributed by atoms with Crippen LogP contribution >= 0.6 is 0 Å². The first kappa shape index (κ1) is 18.9. The van der Waals surface area contributed by atoms with Gasteiger partial charge in [0.1, 0.15) is 17.4 Å². The third-order valence-electron chi connectivity index (χ3n) is 4.35. The van der Waals surface area contributed by atoms with Crippen molar-refractivity contribution < 1.29 is 9.53 Å². The molecule has 1 fully saturated rings. The Labute approximate surface area is 150 Å². The Morgan fingerprint density at radius 3 is 2.76 bits per heavy atom. The van der Waals surface area contributed by atoms with Gasteiger partial charge in [-0.05, 0) is 46.1 Å². The molecule has 1 saturated heterocycles. The molecule has 25 heavy (non-hydrogen) atoms. The number of piperidine rings is 1. The number of aryl methyl sites for hydroxylation is 1. The maximum atomic E-state index is 12.5. The van der Waals surface area contributed by atoms with E-state index in [1.807, 2.05) is 45.0 Å². The molecule has 1 heterocycles. The summed E-state index contributed by atoms with van der Waals surface area (Å²) in [6.45, 7) is 8.22. The number of hydrogen-bond acceptors (Lipinski definition) is 4. The summed E-state index contributed by atoms with van der Waals surface area (Å²) in [6, 6.07) is 7.71. The molecule has 0 aromatic heterocycles. The van der Waals surface area contributed by atoms with Crippen LogP contribution in [0.15, 0.2) is 30.0 Å². The van der Waals surface area contributed by atoms with E-state index >= 15 is 0 Å². The smallest absolute Gasteiger partial charge is 0.263 e. The first-order valence-electron chi connectivity index (χ1n) is 8.95. The zero-order valence-electron chi connectivity index (χ0n) is 15.3. The predicted molar refractivity (Wildman–Crippen MR) is 98.0 cm³/mol. The van der Waals surface area contributed by atoms with Gasteiger partial charge in [0.2, 0.25) is 0 Å². The largest absolute Gasteiger partial charge is 0.494 e. The van der Waals surface area contributed by atoms with Gasteiger partial charge in [0.15, 0.2) is 0 Å². The number of nitrogens with one attached hydrogen (secondary N) is 1. The molecular formula is C20H27N3O2. The normalized spacial score (nSPS) is 16.1. The molecule has 0 saturated carbocycles. The summed E-state index contributed by atoms with van der Waals surface area (Å²) in [7, 11) is 0. The van der Waals surface area contributed by atoms with E-state index in [1.54, 1.807) is 6.20 Å². The number of carbonyl (C=O) groups excluding carboxylic acids is 1. The maximum Gasteiger partial charge on any atom is 0.263 e. The van der Waals surface area contributed by atoms with Gasteiger partial charge in [0.05, 0.1) is 12.6 Å². The second-order valence-corrected chi connectivity index (χ2v) is 6.42. The predicted octanol–water partition coefficient (Wildman–Crippen LogP) is 3.46. The van der Waals surface area contributed by atoms with E-state index in [0.717, 1.165) is 42.8 Å². The van der Waals surface area contributed by atoms with Crippen LogP contribution in [-0.4, -0.2) is 30.5 Å². The lowest BCUT2D eigenvalue weighted by Gasteiger charge is -2.25. The summed E-state index contributed by atoms with van der Waals surface area (Å²) in [5.74, 6) is 0.420. The quantitative estimate of drug-likeness (QED) is 0.636. The van der Waals surface area contributed by atoms with Crippen molar-refractivity contribution in [2.75, 3.05) is 19.7 Å². The van der Waals surface area contributed by atoms with E-state index < -0.39 is 0 Å². The molecule has 0 bridgehead atoms. The molecule has 5 heteroatoms. The molecule has 134 valence electrons. The lowest BCUT2D eigenvalue weighted by molar-refractivity contribution is -0.117. The molecule has 2 rings (SSSR count). The highest BCUT2D eigenvalue weighted by Gasteiger charge is 2.18.